The monoisotopic (exact) mass is 311 g/mol. The fourth-order valence-corrected chi connectivity index (χ4v) is 2.49. The lowest BCUT2D eigenvalue weighted by Crippen LogP contribution is -2.37. The highest BCUT2D eigenvalue weighted by Gasteiger charge is 2.16. The van der Waals surface area contributed by atoms with Gasteiger partial charge in [-0.1, -0.05) is 36.4 Å². The molecule has 0 aliphatic rings. The molecule has 0 fully saturated rings. The standard InChI is InChI=1S/C20H25NO2/c1-14-12-15(2)16(3)19(13-14)23-17(4)20(22)21-11-10-18-8-6-5-7-9-18/h5-9,12-13,17H,10-11H2,1-4H3,(H,21,22). The minimum Gasteiger partial charge on any atom is -0.481 e. The molecule has 0 bridgehead atoms. The summed E-state index contributed by atoms with van der Waals surface area (Å²) in [6.07, 6.45) is 0.313. The molecule has 0 heterocycles. The summed E-state index contributed by atoms with van der Waals surface area (Å²) in [7, 11) is 0. The molecule has 1 N–H and O–H groups in total. The minimum absolute atomic E-state index is 0.0838. The van der Waals surface area contributed by atoms with Crippen molar-refractivity contribution in [3.05, 3.63) is 64.7 Å². The lowest BCUT2D eigenvalue weighted by molar-refractivity contribution is -0.127. The van der Waals surface area contributed by atoms with Gasteiger partial charge in [0, 0.05) is 6.54 Å². The first-order chi connectivity index (χ1) is 11.0. The van der Waals surface area contributed by atoms with Gasteiger partial charge in [-0.25, -0.2) is 0 Å². The summed E-state index contributed by atoms with van der Waals surface area (Å²) in [5.41, 5.74) is 4.61. The van der Waals surface area contributed by atoms with E-state index >= 15 is 0 Å². The van der Waals surface area contributed by atoms with Gasteiger partial charge in [-0.2, -0.15) is 0 Å². The number of aryl methyl sites for hydroxylation is 2. The van der Waals surface area contributed by atoms with Crippen LogP contribution < -0.4 is 10.1 Å². The van der Waals surface area contributed by atoms with E-state index < -0.39 is 6.10 Å². The maximum Gasteiger partial charge on any atom is 0.260 e. The highest BCUT2D eigenvalue weighted by molar-refractivity contribution is 5.80. The number of hydrogen-bond donors (Lipinski definition) is 1. The molecule has 1 atom stereocenters. The first-order valence-electron chi connectivity index (χ1n) is 8.03. The van der Waals surface area contributed by atoms with Crippen LogP contribution in [0.2, 0.25) is 0 Å². The molecular weight excluding hydrogens is 286 g/mol. The van der Waals surface area contributed by atoms with Crippen LogP contribution in [0, 0.1) is 20.8 Å². The Morgan fingerprint density at radius 1 is 1.13 bits per heavy atom. The van der Waals surface area contributed by atoms with Crippen molar-refractivity contribution >= 4 is 5.91 Å². The van der Waals surface area contributed by atoms with Crippen LogP contribution in [-0.2, 0) is 11.2 Å². The molecule has 2 rings (SSSR count). The molecule has 0 spiro atoms. The summed E-state index contributed by atoms with van der Waals surface area (Å²) in [4.78, 5) is 12.2. The largest absolute Gasteiger partial charge is 0.481 e. The van der Waals surface area contributed by atoms with Gasteiger partial charge in [0.2, 0.25) is 0 Å². The molecule has 23 heavy (non-hydrogen) atoms. The van der Waals surface area contributed by atoms with Gasteiger partial charge in [0.15, 0.2) is 6.10 Å². The smallest absolute Gasteiger partial charge is 0.260 e. The van der Waals surface area contributed by atoms with Gasteiger partial charge in [-0.3, -0.25) is 4.79 Å². The van der Waals surface area contributed by atoms with E-state index in [2.05, 4.69) is 30.4 Å². The third-order valence-electron chi connectivity index (χ3n) is 3.99. The van der Waals surface area contributed by atoms with Crippen molar-refractivity contribution in [3.8, 4) is 5.75 Å². The molecule has 0 aromatic heterocycles. The van der Waals surface area contributed by atoms with Crippen LogP contribution in [0.15, 0.2) is 42.5 Å². The number of ether oxygens (including phenoxy) is 1. The maximum absolute atomic E-state index is 12.2. The van der Waals surface area contributed by atoms with Crippen molar-refractivity contribution in [1.29, 1.82) is 0 Å². The Labute approximate surface area is 138 Å². The zero-order chi connectivity index (χ0) is 16.8. The fraction of sp³-hybridized carbons (Fsp3) is 0.350. The third-order valence-corrected chi connectivity index (χ3v) is 3.99. The van der Waals surface area contributed by atoms with Gasteiger partial charge < -0.3 is 10.1 Å². The number of amides is 1. The lowest BCUT2D eigenvalue weighted by atomic mass is 10.1. The lowest BCUT2D eigenvalue weighted by Gasteiger charge is -2.18. The Hall–Kier alpha value is -2.29. The normalized spacial score (nSPS) is 11.8. The molecule has 0 saturated carbocycles. The zero-order valence-corrected chi connectivity index (χ0v) is 14.3. The average molecular weight is 311 g/mol. The van der Waals surface area contributed by atoms with E-state index in [1.54, 1.807) is 6.92 Å². The Morgan fingerprint density at radius 3 is 2.52 bits per heavy atom. The van der Waals surface area contributed by atoms with E-state index in [0.717, 1.165) is 23.3 Å². The molecule has 2 aromatic carbocycles. The molecule has 3 nitrogen and oxygen atoms in total. The van der Waals surface area contributed by atoms with Crippen molar-refractivity contribution in [2.24, 2.45) is 0 Å². The summed E-state index contributed by atoms with van der Waals surface area (Å²) in [6.45, 7) is 8.51. The molecule has 2 aromatic rings. The first-order valence-corrected chi connectivity index (χ1v) is 8.03. The summed E-state index contributed by atoms with van der Waals surface area (Å²) >= 11 is 0. The maximum atomic E-state index is 12.2. The summed E-state index contributed by atoms with van der Waals surface area (Å²) in [6, 6.07) is 14.2. The minimum atomic E-state index is -0.509. The van der Waals surface area contributed by atoms with E-state index in [0.29, 0.717) is 6.54 Å². The van der Waals surface area contributed by atoms with Crippen LogP contribution in [0.3, 0.4) is 0 Å². The Morgan fingerprint density at radius 2 is 1.83 bits per heavy atom. The number of nitrogens with one attached hydrogen (secondary N) is 1. The van der Waals surface area contributed by atoms with Crippen molar-refractivity contribution < 1.29 is 9.53 Å². The molecule has 1 amide bonds. The Balaban J connectivity index is 1.88. The molecule has 122 valence electrons. The highest BCUT2D eigenvalue weighted by atomic mass is 16.5. The SMILES string of the molecule is Cc1cc(C)c(C)c(OC(C)C(=O)NCCc2ccccc2)c1. The van der Waals surface area contributed by atoms with E-state index in [-0.39, 0.29) is 5.91 Å². The zero-order valence-electron chi connectivity index (χ0n) is 14.3. The van der Waals surface area contributed by atoms with Crippen molar-refractivity contribution in [2.75, 3.05) is 6.54 Å². The number of carbonyl (C=O) groups excluding carboxylic acids is 1. The second kappa shape index (κ2) is 7.82. The molecule has 0 radical (unpaired) electrons. The van der Waals surface area contributed by atoms with Crippen LogP contribution in [0.1, 0.15) is 29.2 Å². The molecule has 0 aliphatic heterocycles. The van der Waals surface area contributed by atoms with Crippen LogP contribution in [-0.4, -0.2) is 18.6 Å². The Kier molecular flexibility index (Phi) is 5.80. The molecule has 3 heteroatoms. The van der Waals surface area contributed by atoms with E-state index in [1.807, 2.05) is 38.1 Å². The predicted molar refractivity (Wildman–Crippen MR) is 93.9 cm³/mol. The number of hydrogen-bond acceptors (Lipinski definition) is 2. The molecule has 1 unspecified atom stereocenters. The van der Waals surface area contributed by atoms with Crippen LogP contribution >= 0.6 is 0 Å². The van der Waals surface area contributed by atoms with Crippen molar-refractivity contribution in [1.82, 2.24) is 5.32 Å². The Bertz CT molecular complexity index is 665. The molecule has 0 aliphatic carbocycles. The van der Waals surface area contributed by atoms with E-state index in [4.69, 9.17) is 4.74 Å². The predicted octanol–water partition coefficient (Wildman–Crippen LogP) is 3.74. The second-order valence-corrected chi connectivity index (χ2v) is 5.99. The number of benzene rings is 2. The van der Waals surface area contributed by atoms with Crippen LogP contribution in [0.4, 0.5) is 0 Å². The summed E-state index contributed by atoms with van der Waals surface area (Å²) in [5.74, 6) is 0.702. The number of rotatable bonds is 6. The number of carbonyl (C=O) groups is 1. The summed E-state index contributed by atoms with van der Waals surface area (Å²) in [5, 5.41) is 2.94. The molecular formula is C20H25NO2. The van der Waals surface area contributed by atoms with Gasteiger partial charge in [0.1, 0.15) is 5.75 Å². The highest BCUT2D eigenvalue weighted by Crippen LogP contribution is 2.24. The fourth-order valence-electron chi connectivity index (χ4n) is 2.49. The van der Waals surface area contributed by atoms with E-state index in [1.165, 1.54) is 11.1 Å². The van der Waals surface area contributed by atoms with Crippen LogP contribution in [0.25, 0.3) is 0 Å². The van der Waals surface area contributed by atoms with E-state index in [9.17, 15) is 4.79 Å². The quantitative estimate of drug-likeness (QED) is 0.882. The van der Waals surface area contributed by atoms with Gasteiger partial charge in [-0.15, -0.1) is 0 Å². The van der Waals surface area contributed by atoms with Gasteiger partial charge in [0.25, 0.3) is 5.91 Å². The third kappa shape index (κ3) is 4.85. The van der Waals surface area contributed by atoms with Crippen molar-refractivity contribution in [2.45, 2.75) is 40.2 Å². The summed E-state index contributed by atoms with van der Waals surface area (Å²) < 4.78 is 5.86. The van der Waals surface area contributed by atoms with Crippen molar-refractivity contribution in [3.63, 3.8) is 0 Å². The van der Waals surface area contributed by atoms with Gasteiger partial charge in [-0.05, 0) is 62.4 Å². The van der Waals surface area contributed by atoms with Gasteiger partial charge >= 0.3 is 0 Å². The molecule has 0 saturated heterocycles. The average Bonchev–Trinajstić information content (AvgIpc) is 2.53. The van der Waals surface area contributed by atoms with Crippen LogP contribution in [0.5, 0.6) is 5.75 Å². The topological polar surface area (TPSA) is 38.3 Å². The van der Waals surface area contributed by atoms with Gasteiger partial charge in [0.05, 0.1) is 0 Å². The first kappa shape index (κ1) is 17.1. The second-order valence-electron chi connectivity index (χ2n) is 5.99.